The van der Waals surface area contributed by atoms with Crippen molar-refractivity contribution in [3.8, 4) is 6.07 Å². The summed E-state index contributed by atoms with van der Waals surface area (Å²) in [6, 6.07) is 9.54. The van der Waals surface area contributed by atoms with E-state index in [-0.39, 0.29) is 6.04 Å². The lowest BCUT2D eigenvalue weighted by Gasteiger charge is -2.10. The van der Waals surface area contributed by atoms with Gasteiger partial charge >= 0.3 is 0 Å². The van der Waals surface area contributed by atoms with Crippen LogP contribution >= 0.6 is 0 Å². The molecule has 2 rings (SSSR count). The van der Waals surface area contributed by atoms with Crippen molar-refractivity contribution in [2.24, 2.45) is 0 Å². The quantitative estimate of drug-likeness (QED) is 0.870. The molecule has 2 N–H and O–H groups in total. The molecule has 96 valence electrons. The van der Waals surface area contributed by atoms with E-state index in [0.717, 1.165) is 0 Å². The van der Waals surface area contributed by atoms with Crippen molar-refractivity contribution in [2.45, 2.75) is 19.9 Å². The first kappa shape index (κ1) is 12.8. The topological polar surface area (TPSA) is 86.5 Å². The van der Waals surface area contributed by atoms with Crippen LogP contribution in [0.15, 0.2) is 30.5 Å². The molecule has 1 aromatic heterocycles. The van der Waals surface area contributed by atoms with Gasteiger partial charge < -0.3 is 10.6 Å². The largest absolute Gasteiger partial charge is 0.366 e. The summed E-state index contributed by atoms with van der Waals surface area (Å²) in [7, 11) is 0. The molecule has 0 bridgehead atoms. The summed E-state index contributed by atoms with van der Waals surface area (Å²) in [5, 5.41) is 22.9. The van der Waals surface area contributed by atoms with Crippen LogP contribution in [0.3, 0.4) is 0 Å². The molecule has 0 atom stereocenters. The van der Waals surface area contributed by atoms with Gasteiger partial charge in [0.15, 0.2) is 5.82 Å². The number of para-hydroxylation sites is 1. The van der Waals surface area contributed by atoms with Crippen LogP contribution in [0.2, 0.25) is 0 Å². The number of anilines is 3. The average molecular weight is 254 g/mol. The molecule has 2 aromatic rings. The second-order valence-electron chi connectivity index (χ2n) is 4.25. The van der Waals surface area contributed by atoms with E-state index in [2.05, 4.69) is 31.9 Å². The predicted octanol–water partition coefficient (Wildman–Crippen LogP) is 2.31. The van der Waals surface area contributed by atoms with Gasteiger partial charge in [0.05, 0.1) is 17.4 Å². The number of hydrogen-bond donors (Lipinski definition) is 2. The maximum Gasteiger partial charge on any atom is 0.249 e. The van der Waals surface area contributed by atoms with Crippen LogP contribution in [0.4, 0.5) is 17.5 Å². The summed E-state index contributed by atoms with van der Waals surface area (Å²) < 4.78 is 0. The van der Waals surface area contributed by atoms with Gasteiger partial charge in [-0.15, -0.1) is 5.10 Å². The zero-order valence-electron chi connectivity index (χ0n) is 10.8. The Kier molecular flexibility index (Phi) is 3.88. The maximum absolute atomic E-state index is 9.01. The van der Waals surface area contributed by atoms with Crippen molar-refractivity contribution in [3.63, 3.8) is 0 Å². The van der Waals surface area contributed by atoms with Crippen molar-refractivity contribution in [1.29, 1.82) is 5.26 Å². The first-order valence-corrected chi connectivity index (χ1v) is 5.91. The number of aromatic nitrogens is 3. The van der Waals surface area contributed by atoms with Crippen molar-refractivity contribution in [3.05, 3.63) is 36.0 Å². The van der Waals surface area contributed by atoms with Gasteiger partial charge in [0, 0.05) is 6.04 Å². The first-order valence-electron chi connectivity index (χ1n) is 5.91. The highest BCUT2D eigenvalue weighted by Gasteiger charge is 2.05. The average Bonchev–Trinajstić information content (AvgIpc) is 2.39. The van der Waals surface area contributed by atoms with Gasteiger partial charge in [-0.1, -0.05) is 12.1 Å². The number of nitriles is 1. The standard InChI is InChI=1S/C13H14N6/c1-9(2)16-12-8-15-19-13(18-12)17-11-6-4-3-5-10(11)7-14/h3-6,8-9H,1-2H3,(H2,16,17,18,19). The minimum absolute atomic E-state index is 0.260. The molecule has 19 heavy (non-hydrogen) atoms. The Morgan fingerprint density at radius 3 is 2.79 bits per heavy atom. The zero-order chi connectivity index (χ0) is 13.7. The third-order valence-electron chi connectivity index (χ3n) is 2.29. The normalized spacial score (nSPS) is 10.0. The summed E-state index contributed by atoms with van der Waals surface area (Å²) in [6.45, 7) is 4.03. The Hall–Kier alpha value is -2.68. The van der Waals surface area contributed by atoms with Gasteiger partial charge in [-0.25, -0.2) is 0 Å². The van der Waals surface area contributed by atoms with Crippen LogP contribution < -0.4 is 10.6 Å². The molecule has 6 heteroatoms. The molecule has 0 saturated heterocycles. The SMILES string of the molecule is CC(C)Nc1cnnc(Nc2ccccc2C#N)n1. The molecule has 6 nitrogen and oxygen atoms in total. The Bertz CT molecular complexity index is 602. The highest BCUT2D eigenvalue weighted by atomic mass is 15.3. The summed E-state index contributed by atoms with van der Waals surface area (Å²) in [5.41, 5.74) is 1.20. The van der Waals surface area contributed by atoms with Crippen LogP contribution in [-0.2, 0) is 0 Å². The smallest absolute Gasteiger partial charge is 0.249 e. The van der Waals surface area contributed by atoms with Crippen molar-refractivity contribution < 1.29 is 0 Å². The monoisotopic (exact) mass is 254 g/mol. The molecular weight excluding hydrogens is 240 g/mol. The van der Waals surface area contributed by atoms with E-state index in [9.17, 15) is 0 Å². The number of benzene rings is 1. The van der Waals surface area contributed by atoms with Gasteiger partial charge in [0.25, 0.3) is 0 Å². The van der Waals surface area contributed by atoms with Gasteiger partial charge in [0.1, 0.15) is 6.07 Å². The molecule has 0 unspecified atom stereocenters. The van der Waals surface area contributed by atoms with Gasteiger partial charge in [-0.2, -0.15) is 15.3 Å². The fourth-order valence-electron chi connectivity index (χ4n) is 1.53. The zero-order valence-corrected chi connectivity index (χ0v) is 10.8. The lowest BCUT2D eigenvalue weighted by atomic mass is 10.2. The van der Waals surface area contributed by atoms with E-state index < -0.39 is 0 Å². The fraction of sp³-hybridized carbons (Fsp3) is 0.231. The van der Waals surface area contributed by atoms with E-state index in [1.54, 1.807) is 24.4 Å². The molecule has 0 radical (unpaired) electrons. The minimum atomic E-state index is 0.260. The van der Waals surface area contributed by atoms with Crippen molar-refractivity contribution in [1.82, 2.24) is 15.2 Å². The van der Waals surface area contributed by atoms with Gasteiger partial charge in [-0.05, 0) is 26.0 Å². The predicted molar refractivity (Wildman–Crippen MR) is 73.0 cm³/mol. The van der Waals surface area contributed by atoms with Crippen molar-refractivity contribution >= 4 is 17.5 Å². The third kappa shape index (κ3) is 3.39. The summed E-state index contributed by atoms with van der Waals surface area (Å²) in [6.07, 6.45) is 1.56. The van der Waals surface area contributed by atoms with Gasteiger partial charge in [-0.3, -0.25) is 0 Å². The minimum Gasteiger partial charge on any atom is -0.366 e. The Morgan fingerprint density at radius 2 is 2.05 bits per heavy atom. The number of nitrogens with zero attached hydrogens (tertiary/aromatic N) is 4. The van der Waals surface area contributed by atoms with Gasteiger partial charge in [0.2, 0.25) is 5.95 Å². The van der Waals surface area contributed by atoms with Crippen LogP contribution in [0, 0.1) is 11.3 Å². The Balaban J connectivity index is 2.22. The second kappa shape index (κ2) is 5.78. The first-order chi connectivity index (χ1) is 9.19. The molecule has 0 aliphatic carbocycles. The molecule has 0 aliphatic rings. The van der Waals surface area contributed by atoms with Crippen LogP contribution in [0.25, 0.3) is 0 Å². The molecule has 0 spiro atoms. The second-order valence-corrected chi connectivity index (χ2v) is 4.25. The summed E-state index contributed by atoms with van der Waals surface area (Å²) in [4.78, 5) is 4.28. The molecule has 0 fully saturated rings. The van der Waals surface area contributed by atoms with E-state index in [1.807, 2.05) is 19.9 Å². The third-order valence-corrected chi connectivity index (χ3v) is 2.29. The molecule has 1 heterocycles. The fourth-order valence-corrected chi connectivity index (χ4v) is 1.53. The Morgan fingerprint density at radius 1 is 1.26 bits per heavy atom. The van der Waals surface area contributed by atoms with E-state index in [4.69, 9.17) is 5.26 Å². The highest BCUT2D eigenvalue weighted by Crippen LogP contribution is 2.17. The molecule has 1 aromatic carbocycles. The van der Waals surface area contributed by atoms with E-state index >= 15 is 0 Å². The molecule has 0 saturated carbocycles. The number of hydrogen-bond acceptors (Lipinski definition) is 6. The lowest BCUT2D eigenvalue weighted by molar-refractivity contribution is 0.873. The van der Waals surface area contributed by atoms with E-state index in [1.165, 1.54) is 0 Å². The molecule has 0 amide bonds. The van der Waals surface area contributed by atoms with Crippen LogP contribution in [0.5, 0.6) is 0 Å². The van der Waals surface area contributed by atoms with Crippen LogP contribution in [-0.4, -0.2) is 21.2 Å². The lowest BCUT2D eigenvalue weighted by Crippen LogP contribution is -2.12. The number of rotatable bonds is 4. The summed E-state index contributed by atoms with van der Waals surface area (Å²) >= 11 is 0. The van der Waals surface area contributed by atoms with Crippen LogP contribution in [0.1, 0.15) is 19.4 Å². The molecular formula is C13H14N6. The maximum atomic E-state index is 9.01. The summed E-state index contributed by atoms with van der Waals surface area (Å²) in [5.74, 6) is 0.996. The Labute approximate surface area is 111 Å². The highest BCUT2D eigenvalue weighted by molar-refractivity contribution is 5.63. The van der Waals surface area contributed by atoms with E-state index in [0.29, 0.717) is 23.0 Å². The van der Waals surface area contributed by atoms with Crippen molar-refractivity contribution in [2.75, 3.05) is 10.6 Å². The molecule has 0 aliphatic heterocycles. The number of nitrogens with one attached hydrogen (secondary N) is 2.